The lowest BCUT2D eigenvalue weighted by Gasteiger charge is -2.23. The van der Waals surface area contributed by atoms with E-state index in [2.05, 4.69) is 9.97 Å². The van der Waals surface area contributed by atoms with Gasteiger partial charge in [0.05, 0.1) is 53.7 Å². The summed E-state index contributed by atoms with van der Waals surface area (Å²) in [4.78, 5) is 42.8. The molecule has 14 nitrogen and oxygen atoms in total. The third kappa shape index (κ3) is 12.4. The van der Waals surface area contributed by atoms with Gasteiger partial charge in [-0.1, -0.05) is 12.1 Å². The molecule has 0 radical (unpaired) electrons. The van der Waals surface area contributed by atoms with Gasteiger partial charge in [0.25, 0.3) is 0 Å². The van der Waals surface area contributed by atoms with Crippen LogP contribution in [-0.2, 0) is 21.3 Å². The topological polar surface area (TPSA) is 234 Å². The number of aryl methyl sites for hydroxylation is 1. The minimum absolute atomic E-state index is 0.291. The van der Waals surface area contributed by atoms with Crippen LogP contribution in [0, 0.1) is 5.92 Å². The summed E-state index contributed by atoms with van der Waals surface area (Å²) in [7, 11) is 1.89. The van der Waals surface area contributed by atoms with Crippen molar-refractivity contribution >= 4 is 67.8 Å². The molecule has 1 aliphatic rings. The molecule has 0 amide bonds. The third-order valence-electron chi connectivity index (χ3n) is 9.11. The van der Waals surface area contributed by atoms with Gasteiger partial charge >= 0.3 is 17.9 Å². The highest BCUT2D eigenvalue weighted by atomic mass is 16.5. The Labute approximate surface area is 332 Å². The van der Waals surface area contributed by atoms with Crippen molar-refractivity contribution in [3.05, 3.63) is 102 Å². The van der Waals surface area contributed by atoms with Crippen molar-refractivity contribution in [3.63, 3.8) is 0 Å². The molecule has 0 saturated heterocycles. The number of hydrogen-bond donors (Lipinski definition) is 5. The fourth-order valence-electron chi connectivity index (χ4n) is 6.12. The normalized spacial score (nSPS) is 14.6. The molecule has 6 aromatic rings. The average molecular weight is 780 g/mol. The number of ether oxygens (including phenoxy) is 3. The van der Waals surface area contributed by atoms with E-state index < -0.39 is 0 Å². The third-order valence-corrected chi connectivity index (χ3v) is 9.11. The summed E-state index contributed by atoms with van der Waals surface area (Å²) in [5.41, 5.74) is 27.8. The van der Waals surface area contributed by atoms with Crippen molar-refractivity contribution in [1.82, 2.24) is 14.5 Å². The lowest BCUT2D eigenvalue weighted by atomic mass is 9.87. The maximum Gasteiger partial charge on any atom is 0.340 e. The first-order valence-electron chi connectivity index (χ1n) is 18.9. The quantitative estimate of drug-likeness (QED) is 0.0669. The Hall–Kier alpha value is -6.25. The second kappa shape index (κ2) is 21.2. The summed E-state index contributed by atoms with van der Waals surface area (Å²) < 4.78 is 16.7. The van der Waals surface area contributed by atoms with E-state index in [4.69, 9.17) is 42.3 Å². The second-order valence-corrected chi connectivity index (χ2v) is 13.4. The van der Waals surface area contributed by atoms with Gasteiger partial charge in [-0.3, -0.25) is 4.98 Å². The maximum absolute atomic E-state index is 11.7. The number of nitrogen functional groups attached to an aromatic ring is 3. The van der Waals surface area contributed by atoms with E-state index in [-0.39, 0.29) is 17.9 Å². The Morgan fingerprint density at radius 1 is 0.719 bits per heavy atom. The summed E-state index contributed by atoms with van der Waals surface area (Å²) in [5, 5.41) is 11.6. The number of rotatable bonds is 7. The standard InChI is InChI=1S/C13H13NO2.C12H14N2O2.C11H11N3O2.C7H15NO/c1-2-16-13(15)11-4-3-10-8-12(14)6-5-9(10)7-11;1-3-16-12(15)10-7-14(2)11-5-4-8(13)6-9(10)11;1-2-16-11(15)7-3-4-8-9(5-7)13-6-10(12)14-8;8-7-3-1-6(5-9)2-4-7/h3-8H,2,14H2,1H3;4-7H,3,13H2,1-2H3;3-6H,2H2,1H3,(H2,12,14);6-7,9H,1-5,8H2. The minimum Gasteiger partial charge on any atom is -0.462 e. The van der Waals surface area contributed by atoms with Crippen molar-refractivity contribution in [2.24, 2.45) is 18.7 Å². The smallest absolute Gasteiger partial charge is 0.340 e. The van der Waals surface area contributed by atoms with Crippen LogP contribution in [0.5, 0.6) is 0 Å². The molecule has 57 heavy (non-hydrogen) atoms. The fraction of sp³-hybridized carbons (Fsp3) is 0.326. The molecule has 2 heterocycles. The number of nitrogens with two attached hydrogens (primary N) is 4. The molecular formula is C43H53N7O7. The van der Waals surface area contributed by atoms with E-state index in [9.17, 15) is 14.4 Å². The number of hydrogen-bond acceptors (Lipinski definition) is 13. The maximum atomic E-state index is 11.7. The summed E-state index contributed by atoms with van der Waals surface area (Å²) in [6.07, 6.45) is 7.67. The number of aliphatic hydroxyl groups is 1. The van der Waals surface area contributed by atoms with Crippen molar-refractivity contribution in [3.8, 4) is 0 Å². The van der Waals surface area contributed by atoms with Crippen molar-refractivity contribution in [2.75, 3.05) is 43.6 Å². The summed E-state index contributed by atoms with van der Waals surface area (Å²) in [5.74, 6) is -0.0517. The molecule has 14 heteroatoms. The number of benzene rings is 4. The molecule has 0 atom stereocenters. The Morgan fingerprint density at radius 3 is 1.93 bits per heavy atom. The van der Waals surface area contributed by atoms with Crippen LogP contribution in [0.25, 0.3) is 32.7 Å². The number of carbonyl (C=O) groups excluding carboxylic acids is 3. The van der Waals surface area contributed by atoms with Gasteiger partial charge in [0.2, 0.25) is 0 Å². The molecule has 0 bridgehead atoms. The van der Waals surface area contributed by atoms with Crippen molar-refractivity contribution in [2.45, 2.75) is 52.5 Å². The molecule has 0 unspecified atom stereocenters. The van der Waals surface area contributed by atoms with Crippen LogP contribution < -0.4 is 22.9 Å². The average Bonchev–Trinajstić information content (AvgIpc) is 3.53. The molecule has 0 aliphatic heterocycles. The Morgan fingerprint density at radius 2 is 1.28 bits per heavy atom. The van der Waals surface area contributed by atoms with E-state index in [0.717, 1.165) is 53.0 Å². The molecule has 1 saturated carbocycles. The first-order valence-corrected chi connectivity index (χ1v) is 18.9. The van der Waals surface area contributed by atoms with Crippen LogP contribution in [0.1, 0.15) is 77.5 Å². The molecule has 9 N–H and O–H groups in total. The van der Waals surface area contributed by atoms with E-state index in [0.29, 0.717) is 77.6 Å². The van der Waals surface area contributed by atoms with Gasteiger partial charge in [0, 0.05) is 48.2 Å². The monoisotopic (exact) mass is 779 g/mol. The zero-order valence-electron chi connectivity index (χ0n) is 32.9. The zero-order valence-corrected chi connectivity index (χ0v) is 32.9. The molecule has 7 rings (SSSR count). The van der Waals surface area contributed by atoms with Gasteiger partial charge in [-0.2, -0.15) is 0 Å². The lowest BCUT2D eigenvalue weighted by Crippen LogP contribution is -2.27. The van der Waals surface area contributed by atoms with Crippen LogP contribution >= 0.6 is 0 Å². The summed E-state index contributed by atoms with van der Waals surface area (Å²) >= 11 is 0. The van der Waals surface area contributed by atoms with E-state index in [1.807, 2.05) is 54.1 Å². The predicted molar refractivity (Wildman–Crippen MR) is 225 cm³/mol. The van der Waals surface area contributed by atoms with Crippen LogP contribution in [0.2, 0.25) is 0 Å². The number of anilines is 3. The SMILES string of the molecule is CCOC(=O)c1ccc2cc(N)ccc2c1.CCOC(=O)c1ccc2nc(N)cnc2c1.CCOC(=O)c1cn(C)c2ccc(N)cc12.NC1CCC(CO)CC1. The van der Waals surface area contributed by atoms with E-state index >= 15 is 0 Å². The second-order valence-electron chi connectivity index (χ2n) is 13.4. The van der Waals surface area contributed by atoms with Crippen LogP contribution in [0.15, 0.2) is 85.2 Å². The van der Waals surface area contributed by atoms with Gasteiger partial charge in [-0.25, -0.2) is 19.4 Å². The molecular weight excluding hydrogens is 727 g/mol. The largest absolute Gasteiger partial charge is 0.462 e. The zero-order chi connectivity index (χ0) is 41.5. The molecule has 2 aromatic heterocycles. The summed E-state index contributed by atoms with van der Waals surface area (Å²) in [6, 6.07) is 21.9. The molecule has 1 fully saturated rings. The van der Waals surface area contributed by atoms with E-state index in [1.54, 1.807) is 57.3 Å². The van der Waals surface area contributed by atoms with Gasteiger partial charge < -0.3 is 46.8 Å². The molecule has 302 valence electrons. The predicted octanol–water partition coefficient (Wildman–Crippen LogP) is 6.42. The van der Waals surface area contributed by atoms with Crippen LogP contribution in [0.4, 0.5) is 17.2 Å². The van der Waals surface area contributed by atoms with Gasteiger partial charge in [0.1, 0.15) is 5.82 Å². The minimum atomic E-state index is -0.358. The van der Waals surface area contributed by atoms with Gasteiger partial charge in [-0.15, -0.1) is 0 Å². The number of fused-ring (bicyclic) bond motifs is 3. The first-order chi connectivity index (χ1) is 27.4. The Bertz CT molecular complexity index is 2180. The number of nitrogens with zero attached hydrogens (tertiary/aromatic N) is 3. The van der Waals surface area contributed by atoms with Gasteiger partial charge in [0.15, 0.2) is 0 Å². The number of aliphatic hydroxyl groups excluding tert-OH is 1. The summed E-state index contributed by atoms with van der Waals surface area (Å²) in [6.45, 7) is 6.81. The van der Waals surface area contributed by atoms with Gasteiger partial charge in [-0.05, 0) is 124 Å². The Balaban J connectivity index is 0.000000172. The first kappa shape index (κ1) is 43.5. The number of carbonyl (C=O) groups is 3. The lowest BCUT2D eigenvalue weighted by molar-refractivity contribution is 0.0517. The van der Waals surface area contributed by atoms with Crippen LogP contribution in [0.3, 0.4) is 0 Å². The molecule has 0 spiro atoms. The highest BCUT2D eigenvalue weighted by Crippen LogP contribution is 2.24. The molecule has 4 aromatic carbocycles. The molecule has 1 aliphatic carbocycles. The van der Waals surface area contributed by atoms with Crippen LogP contribution in [-0.4, -0.2) is 70.0 Å². The van der Waals surface area contributed by atoms with Crippen molar-refractivity contribution < 1.29 is 33.7 Å². The Kier molecular flexibility index (Phi) is 16.1. The van der Waals surface area contributed by atoms with Crippen molar-refractivity contribution in [1.29, 1.82) is 0 Å². The highest BCUT2D eigenvalue weighted by Gasteiger charge is 2.17. The number of aromatic nitrogens is 3. The fourth-order valence-corrected chi connectivity index (χ4v) is 6.12. The number of esters is 3. The highest BCUT2D eigenvalue weighted by molar-refractivity contribution is 6.05. The van der Waals surface area contributed by atoms with E-state index in [1.165, 1.54) is 6.20 Å².